The third kappa shape index (κ3) is 2.51. The van der Waals surface area contributed by atoms with Gasteiger partial charge >= 0.3 is 0 Å². The van der Waals surface area contributed by atoms with E-state index in [-0.39, 0.29) is 4.87 Å². The van der Waals surface area contributed by atoms with Crippen molar-refractivity contribution in [2.45, 2.75) is 50.7 Å². The van der Waals surface area contributed by atoms with Crippen LogP contribution < -0.4 is 0 Å². The molecule has 1 aliphatic heterocycles. The SMILES string of the molecule is CC1=NC(C)(C)SC(C)(C)C1. The van der Waals surface area contributed by atoms with E-state index in [1.807, 2.05) is 11.8 Å². The molecule has 1 aliphatic rings. The number of hydrogen-bond donors (Lipinski definition) is 0. The first-order valence-electron chi connectivity index (χ1n) is 4.06. The first-order chi connectivity index (χ1) is 4.81. The van der Waals surface area contributed by atoms with Crippen LogP contribution in [-0.2, 0) is 0 Å². The molecule has 0 saturated carbocycles. The smallest absolute Gasteiger partial charge is 0.101 e. The van der Waals surface area contributed by atoms with Crippen LogP contribution in [0.5, 0.6) is 0 Å². The number of nitrogens with zero attached hydrogens (tertiary/aromatic N) is 1. The van der Waals surface area contributed by atoms with E-state index < -0.39 is 0 Å². The van der Waals surface area contributed by atoms with Gasteiger partial charge in [-0.25, -0.2) is 0 Å². The molecule has 0 atom stereocenters. The summed E-state index contributed by atoms with van der Waals surface area (Å²) >= 11 is 1.96. The van der Waals surface area contributed by atoms with E-state index >= 15 is 0 Å². The Kier molecular flexibility index (Phi) is 2.08. The van der Waals surface area contributed by atoms with Crippen LogP contribution in [0.1, 0.15) is 41.0 Å². The Balaban J connectivity index is 2.86. The Morgan fingerprint density at radius 2 is 1.82 bits per heavy atom. The second kappa shape index (κ2) is 2.51. The molecule has 0 unspecified atom stereocenters. The van der Waals surface area contributed by atoms with Crippen LogP contribution in [0.25, 0.3) is 0 Å². The fraction of sp³-hybridized carbons (Fsp3) is 0.889. The maximum absolute atomic E-state index is 4.59. The summed E-state index contributed by atoms with van der Waals surface area (Å²) in [6, 6.07) is 0. The predicted molar refractivity (Wildman–Crippen MR) is 53.5 cm³/mol. The van der Waals surface area contributed by atoms with Crippen molar-refractivity contribution in [2.24, 2.45) is 4.99 Å². The number of thioether (sulfide) groups is 1. The van der Waals surface area contributed by atoms with Crippen LogP contribution in [0, 0.1) is 0 Å². The zero-order valence-corrected chi connectivity index (χ0v) is 8.88. The lowest BCUT2D eigenvalue weighted by Gasteiger charge is -2.37. The lowest BCUT2D eigenvalue weighted by Crippen LogP contribution is -2.32. The van der Waals surface area contributed by atoms with E-state index in [9.17, 15) is 0 Å². The second-order valence-electron chi connectivity index (χ2n) is 4.33. The van der Waals surface area contributed by atoms with Gasteiger partial charge in [-0.15, -0.1) is 11.8 Å². The minimum Gasteiger partial charge on any atom is -0.277 e. The molecule has 2 heteroatoms. The maximum Gasteiger partial charge on any atom is 0.101 e. The number of aliphatic imine (C=N–C) groups is 1. The van der Waals surface area contributed by atoms with E-state index in [1.165, 1.54) is 5.71 Å². The lowest BCUT2D eigenvalue weighted by molar-refractivity contribution is 0.659. The molecule has 1 heterocycles. The van der Waals surface area contributed by atoms with Crippen molar-refractivity contribution in [3.05, 3.63) is 0 Å². The van der Waals surface area contributed by atoms with Gasteiger partial charge in [0.25, 0.3) is 0 Å². The minimum atomic E-state index is 0.0891. The van der Waals surface area contributed by atoms with Crippen LogP contribution in [0.3, 0.4) is 0 Å². The van der Waals surface area contributed by atoms with Gasteiger partial charge in [0, 0.05) is 10.5 Å². The summed E-state index contributed by atoms with van der Waals surface area (Å²) in [5, 5.41) is 0. The Morgan fingerprint density at radius 3 is 2.18 bits per heavy atom. The molecular formula is C9H17NS. The van der Waals surface area contributed by atoms with Crippen LogP contribution in [0.15, 0.2) is 4.99 Å². The largest absolute Gasteiger partial charge is 0.277 e. The zero-order valence-electron chi connectivity index (χ0n) is 8.06. The number of hydrogen-bond acceptors (Lipinski definition) is 2. The van der Waals surface area contributed by atoms with E-state index in [0.29, 0.717) is 4.75 Å². The summed E-state index contributed by atoms with van der Waals surface area (Å²) in [5.74, 6) is 0. The summed E-state index contributed by atoms with van der Waals surface area (Å²) in [6.45, 7) is 11.1. The van der Waals surface area contributed by atoms with Crippen molar-refractivity contribution in [3.8, 4) is 0 Å². The van der Waals surface area contributed by atoms with Crippen molar-refractivity contribution in [1.82, 2.24) is 0 Å². The summed E-state index contributed by atoms with van der Waals surface area (Å²) in [7, 11) is 0. The first kappa shape index (κ1) is 9.11. The van der Waals surface area contributed by atoms with Gasteiger partial charge in [-0.3, -0.25) is 4.99 Å². The molecule has 0 N–H and O–H groups in total. The molecule has 0 saturated heterocycles. The Morgan fingerprint density at radius 1 is 1.27 bits per heavy atom. The molecule has 0 amide bonds. The first-order valence-corrected chi connectivity index (χ1v) is 4.88. The predicted octanol–water partition coefficient (Wildman–Crippen LogP) is 3.10. The third-order valence-electron chi connectivity index (χ3n) is 1.67. The molecule has 11 heavy (non-hydrogen) atoms. The summed E-state index contributed by atoms with van der Waals surface area (Å²) in [6.07, 6.45) is 1.13. The van der Waals surface area contributed by atoms with Crippen molar-refractivity contribution in [2.75, 3.05) is 0 Å². The summed E-state index contributed by atoms with van der Waals surface area (Å²) in [5.41, 5.74) is 1.29. The quantitative estimate of drug-likeness (QED) is 0.545. The second-order valence-corrected chi connectivity index (χ2v) is 6.64. The molecule has 64 valence electrons. The highest BCUT2D eigenvalue weighted by molar-refractivity contribution is 8.02. The topological polar surface area (TPSA) is 12.4 Å². The van der Waals surface area contributed by atoms with Gasteiger partial charge in [0.2, 0.25) is 0 Å². The summed E-state index contributed by atoms with van der Waals surface area (Å²) in [4.78, 5) is 4.68. The Labute approximate surface area is 73.7 Å². The van der Waals surface area contributed by atoms with Crippen molar-refractivity contribution in [1.29, 1.82) is 0 Å². The Hall–Kier alpha value is 0.0200. The van der Waals surface area contributed by atoms with E-state index in [2.05, 4.69) is 39.6 Å². The van der Waals surface area contributed by atoms with Crippen LogP contribution in [0.2, 0.25) is 0 Å². The fourth-order valence-corrected chi connectivity index (χ4v) is 3.69. The van der Waals surface area contributed by atoms with E-state index in [1.54, 1.807) is 0 Å². The highest BCUT2D eigenvalue weighted by atomic mass is 32.2. The molecule has 0 aromatic rings. The minimum absolute atomic E-state index is 0.0891. The number of rotatable bonds is 0. The molecule has 0 bridgehead atoms. The molecule has 0 fully saturated rings. The molecule has 0 aromatic heterocycles. The van der Waals surface area contributed by atoms with Gasteiger partial charge in [-0.05, 0) is 27.2 Å². The van der Waals surface area contributed by atoms with Crippen LogP contribution >= 0.6 is 11.8 Å². The Bertz CT molecular complexity index is 192. The molecular weight excluding hydrogens is 154 g/mol. The lowest BCUT2D eigenvalue weighted by atomic mass is 10.1. The highest BCUT2D eigenvalue weighted by Crippen LogP contribution is 2.43. The van der Waals surface area contributed by atoms with Gasteiger partial charge in [-0.1, -0.05) is 13.8 Å². The molecule has 0 aliphatic carbocycles. The van der Waals surface area contributed by atoms with Gasteiger partial charge in [-0.2, -0.15) is 0 Å². The average Bonchev–Trinajstić information content (AvgIpc) is 1.49. The molecule has 1 rings (SSSR count). The van der Waals surface area contributed by atoms with Gasteiger partial charge in [0.1, 0.15) is 4.87 Å². The van der Waals surface area contributed by atoms with E-state index in [4.69, 9.17) is 0 Å². The van der Waals surface area contributed by atoms with Gasteiger partial charge < -0.3 is 0 Å². The monoisotopic (exact) mass is 171 g/mol. The highest BCUT2D eigenvalue weighted by Gasteiger charge is 2.33. The molecule has 0 radical (unpaired) electrons. The standard InChI is InChI=1S/C9H17NS/c1-7-6-8(2,3)11-9(4,5)10-7/h6H2,1-5H3. The zero-order chi connectivity index (χ0) is 8.70. The van der Waals surface area contributed by atoms with Gasteiger partial charge in [0.05, 0.1) is 0 Å². The molecule has 0 spiro atoms. The van der Waals surface area contributed by atoms with Crippen LogP contribution in [-0.4, -0.2) is 15.3 Å². The van der Waals surface area contributed by atoms with Crippen molar-refractivity contribution in [3.63, 3.8) is 0 Å². The van der Waals surface area contributed by atoms with Crippen molar-refractivity contribution < 1.29 is 0 Å². The fourth-order valence-electron chi connectivity index (χ4n) is 1.85. The van der Waals surface area contributed by atoms with E-state index in [0.717, 1.165) is 6.42 Å². The molecule has 0 aromatic carbocycles. The summed E-state index contributed by atoms with van der Waals surface area (Å²) < 4.78 is 0.370. The third-order valence-corrected chi connectivity index (χ3v) is 2.96. The average molecular weight is 171 g/mol. The molecule has 1 nitrogen and oxygen atoms in total. The maximum atomic E-state index is 4.59. The van der Waals surface area contributed by atoms with Gasteiger partial charge in [0.15, 0.2) is 0 Å². The normalized spacial score (nSPS) is 27.9. The van der Waals surface area contributed by atoms with Crippen molar-refractivity contribution >= 4 is 17.5 Å². The van der Waals surface area contributed by atoms with Crippen LogP contribution in [0.4, 0.5) is 0 Å².